The maximum Gasteiger partial charge on any atom is 0.228 e. The fraction of sp³-hybridized carbons (Fsp3) is 0.529. The van der Waals surface area contributed by atoms with E-state index in [1.165, 1.54) is 11.3 Å². The number of carbonyl (C=O) groups is 1. The minimum Gasteiger partial charge on any atom is -0.394 e. The minimum absolute atomic E-state index is 0.193. The second-order valence-electron chi connectivity index (χ2n) is 7.19. The molecule has 2 aromatic heterocycles. The van der Waals surface area contributed by atoms with Crippen molar-refractivity contribution in [3.05, 3.63) is 18.1 Å². The number of nitrogens with zero attached hydrogens (tertiary/aromatic N) is 5. The van der Waals surface area contributed by atoms with Crippen LogP contribution in [0.25, 0.3) is 11.0 Å². The molecule has 11 heteroatoms. The van der Waals surface area contributed by atoms with Gasteiger partial charge >= 0.3 is 0 Å². The number of aliphatic hydroxyl groups is 3. The number of carbonyl (C=O) groups excluding carboxylic acids is 1. The first kappa shape index (κ1) is 18.7. The Bertz CT molecular complexity index is 957. The fourth-order valence-corrected chi connectivity index (χ4v) is 3.40. The van der Waals surface area contributed by atoms with Crippen LogP contribution < -0.4 is 10.3 Å². The summed E-state index contributed by atoms with van der Waals surface area (Å²) in [4.78, 5) is 20.8. The van der Waals surface area contributed by atoms with Gasteiger partial charge in [0.25, 0.3) is 0 Å². The topological polar surface area (TPSA) is 145 Å². The maximum absolute atomic E-state index is 12.2. The highest BCUT2D eigenvalue weighted by Crippen LogP contribution is 2.37. The molecule has 2 aliphatic heterocycles. The Morgan fingerprint density at radius 1 is 1.32 bits per heavy atom. The van der Waals surface area contributed by atoms with E-state index in [4.69, 9.17) is 4.74 Å². The summed E-state index contributed by atoms with van der Waals surface area (Å²) in [6.07, 6.45) is -1.36. The molecule has 0 unspecified atom stereocenters. The number of aliphatic hydroxyl groups excluding tert-OH is 3. The summed E-state index contributed by atoms with van der Waals surface area (Å²) < 4.78 is 7.21. The van der Waals surface area contributed by atoms with Crippen LogP contribution in [-0.4, -0.2) is 73.6 Å². The summed E-state index contributed by atoms with van der Waals surface area (Å²) in [6.45, 7) is 3.12. The van der Waals surface area contributed by atoms with Crippen LogP contribution in [0.1, 0.15) is 25.6 Å². The second kappa shape index (κ2) is 6.78. The number of nitrogens with one attached hydrogen (secondary N) is 1. The maximum atomic E-state index is 12.2. The molecular formula is C17H22N6O5. The zero-order valence-electron chi connectivity index (χ0n) is 15.6. The molecule has 4 atom stereocenters. The van der Waals surface area contributed by atoms with Crippen LogP contribution in [-0.2, 0) is 9.53 Å². The van der Waals surface area contributed by atoms with Crippen molar-refractivity contribution in [2.75, 3.05) is 18.7 Å². The van der Waals surface area contributed by atoms with E-state index in [-0.39, 0.29) is 11.8 Å². The number of rotatable bonds is 3. The Labute approximate surface area is 160 Å². The second-order valence-corrected chi connectivity index (χ2v) is 7.19. The lowest BCUT2D eigenvalue weighted by molar-refractivity contribution is -0.122. The normalized spacial score (nSPS) is 26.8. The van der Waals surface area contributed by atoms with Gasteiger partial charge in [-0.1, -0.05) is 13.8 Å². The Morgan fingerprint density at radius 2 is 2.07 bits per heavy atom. The fourth-order valence-electron chi connectivity index (χ4n) is 3.40. The molecule has 1 fully saturated rings. The number of hydrogen-bond acceptors (Lipinski definition) is 9. The van der Waals surface area contributed by atoms with Gasteiger partial charge in [0.1, 0.15) is 30.3 Å². The Kier molecular flexibility index (Phi) is 4.54. The Morgan fingerprint density at radius 3 is 2.71 bits per heavy atom. The van der Waals surface area contributed by atoms with Crippen LogP contribution in [0.15, 0.2) is 17.6 Å². The number of hydrazone groups is 1. The van der Waals surface area contributed by atoms with Gasteiger partial charge < -0.3 is 29.9 Å². The van der Waals surface area contributed by atoms with E-state index in [1.807, 2.05) is 0 Å². The highest BCUT2D eigenvalue weighted by molar-refractivity contribution is 6.18. The quantitative estimate of drug-likeness (QED) is 0.518. The molecule has 4 N–H and O–H groups in total. The molecule has 1 amide bonds. The van der Waals surface area contributed by atoms with Crippen molar-refractivity contribution < 1.29 is 24.9 Å². The summed E-state index contributed by atoms with van der Waals surface area (Å²) in [5.74, 6) is 0.438. The molecule has 0 aliphatic carbocycles. The summed E-state index contributed by atoms with van der Waals surface area (Å²) in [7, 11) is 1.70. The van der Waals surface area contributed by atoms with Gasteiger partial charge in [-0.3, -0.25) is 4.79 Å². The lowest BCUT2D eigenvalue weighted by Gasteiger charge is -2.21. The van der Waals surface area contributed by atoms with E-state index in [1.54, 1.807) is 31.7 Å². The van der Waals surface area contributed by atoms with Crippen molar-refractivity contribution in [3.63, 3.8) is 0 Å². The first-order chi connectivity index (χ1) is 13.3. The molecule has 150 valence electrons. The van der Waals surface area contributed by atoms with Gasteiger partial charge in [-0.25, -0.2) is 15.0 Å². The molecule has 0 bridgehead atoms. The summed E-state index contributed by atoms with van der Waals surface area (Å²) in [6, 6.07) is 0. The first-order valence-corrected chi connectivity index (χ1v) is 8.95. The third kappa shape index (κ3) is 2.75. The molecular weight excluding hydrogens is 368 g/mol. The number of amides is 1. The zero-order chi connectivity index (χ0) is 20.2. The molecule has 1 saturated heterocycles. The van der Waals surface area contributed by atoms with Crippen LogP contribution in [0.2, 0.25) is 0 Å². The highest BCUT2D eigenvalue weighted by Gasteiger charge is 2.44. The minimum atomic E-state index is -1.26. The molecule has 11 nitrogen and oxygen atoms in total. The molecule has 0 radical (unpaired) electrons. The van der Waals surface area contributed by atoms with E-state index < -0.39 is 31.1 Å². The number of anilines is 1. The van der Waals surface area contributed by atoms with E-state index in [9.17, 15) is 20.1 Å². The molecule has 4 rings (SSSR count). The van der Waals surface area contributed by atoms with Gasteiger partial charge in [0.05, 0.1) is 17.6 Å². The number of hydrogen-bond donors (Lipinski definition) is 4. The van der Waals surface area contributed by atoms with Gasteiger partial charge in [0.2, 0.25) is 5.91 Å². The standard InChI is InChI=1S/C17H22N6O5/c1-7(2)16(27)20-13-8-4-23(17-12(26)11(25)9(5-24)28-17)15-10(8)14(18-6-19-15)22(3)21-13/h4,6-7,9,11-12,17,24-26H,5H2,1-3H3,(H,20,21,27)/t9-,11-,12-,17-/m1/s1. The van der Waals surface area contributed by atoms with Crippen molar-refractivity contribution in [2.45, 2.75) is 38.4 Å². The number of amidine groups is 1. The lowest BCUT2D eigenvalue weighted by atomic mass is 10.1. The van der Waals surface area contributed by atoms with Crippen LogP contribution in [0.3, 0.4) is 0 Å². The molecule has 28 heavy (non-hydrogen) atoms. The molecule has 0 aromatic carbocycles. The predicted octanol–water partition coefficient (Wildman–Crippen LogP) is -1.07. The van der Waals surface area contributed by atoms with E-state index in [0.717, 1.165) is 0 Å². The van der Waals surface area contributed by atoms with Crippen molar-refractivity contribution in [1.29, 1.82) is 0 Å². The van der Waals surface area contributed by atoms with Gasteiger partial charge in [0, 0.05) is 19.2 Å². The van der Waals surface area contributed by atoms with Crippen molar-refractivity contribution in [2.24, 2.45) is 11.0 Å². The SMILES string of the molecule is CC(C)C(=O)NC1=NN(C)c2ncnc3c2c1cn3[C@@H]1O[C@H](CO)[C@@H](O)[C@H]1O. The van der Waals surface area contributed by atoms with Crippen LogP contribution in [0, 0.1) is 5.92 Å². The Balaban J connectivity index is 1.83. The summed E-state index contributed by atoms with van der Waals surface area (Å²) in [5.41, 5.74) is 1.03. The average Bonchev–Trinajstić information content (AvgIpc) is 3.18. The average molecular weight is 390 g/mol. The molecule has 0 spiro atoms. The summed E-state index contributed by atoms with van der Waals surface area (Å²) >= 11 is 0. The summed E-state index contributed by atoms with van der Waals surface area (Å²) in [5, 5.41) is 39.2. The van der Waals surface area contributed by atoms with E-state index in [2.05, 4.69) is 20.4 Å². The number of ether oxygens (including phenoxy) is 1. The molecule has 2 aromatic rings. The monoisotopic (exact) mass is 390 g/mol. The smallest absolute Gasteiger partial charge is 0.228 e. The highest BCUT2D eigenvalue weighted by atomic mass is 16.6. The first-order valence-electron chi connectivity index (χ1n) is 8.95. The zero-order valence-corrected chi connectivity index (χ0v) is 15.6. The van der Waals surface area contributed by atoms with E-state index in [0.29, 0.717) is 28.3 Å². The molecule has 0 saturated carbocycles. The van der Waals surface area contributed by atoms with Gasteiger partial charge in [-0.2, -0.15) is 5.10 Å². The lowest BCUT2D eigenvalue weighted by Crippen LogP contribution is -2.37. The number of aromatic nitrogens is 3. The van der Waals surface area contributed by atoms with E-state index >= 15 is 0 Å². The van der Waals surface area contributed by atoms with Crippen LogP contribution >= 0.6 is 0 Å². The van der Waals surface area contributed by atoms with Gasteiger partial charge in [0.15, 0.2) is 17.9 Å². The van der Waals surface area contributed by atoms with Crippen molar-refractivity contribution >= 4 is 28.6 Å². The van der Waals surface area contributed by atoms with Crippen LogP contribution in [0.4, 0.5) is 5.82 Å². The van der Waals surface area contributed by atoms with Crippen molar-refractivity contribution in [3.8, 4) is 0 Å². The van der Waals surface area contributed by atoms with Gasteiger partial charge in [-0.05, 0) is 0 Å². The van der Waals surface area contributed by atoms with Gasteiger partial charge in [-0.15, -0.1) is 0 Å². The third-order valence-corrected chi connectivity index (χ3v) is 4.96. The molecule has 2 aliphatic rings. The van der Waals surface area contributed by atoms with Crippen molar-refractivity contribution in [1.82, 2.24) is 19.9 Å². The van der Waals surface area contributed by atoms with Crippen LogP contribution in [0.5, 0.6) is 0 Å². The molecule has 4 heterocycles. The predicted molar refractivity (Wildman–Crippen MR) is 98.5 cm³/mol. The third-order valence-electron chi connectivity index (χ3n) is 4.96. The largest absolute Gasteiger partial charge is 0.394 e. The Hall–Kier alpha value is -2.60.